The molecule has 0 N–H and O–H groups in total. The molecule has 0 aliphatic rings. The van der Waals surface area contributed by atoms with Crippen LogP contribution in [0.2, 0.25) is 0 Å². The molecule has 0 aliphatic heterocycles. The summed E-state index contributed by atoms with van der Waals surface area (Å²) in [5.74, 6) is 0.753. The summed E-state index contributed by atoms with van der Waals surface area (Å²) in [6, 6.07) is 10.1. The molecule has 3 rings (SSSR count). The van der Waals surface area contributed by atoms with Gasteiger partial charge in [-0.05, 0) is 30.4 Å². The molecule has 0 amide bonds. The molecule has 1 aromatic heterocycles. The first kappa shape index (κ1) is 16.1. The standard InChI is InChI=1S/C20H20O4/c1-5-13-7-6-8-15-14(13)9-10-16(18(15)22-3)19-17(20(21)23-4)12(2)11-24-19/h6-11H,5H2,1-4H3. The lowest BCUT2D eigenvalue weighted by molar-refractivity contribution is 0.0600. The molecule has 4 heteroatoms. The van der Waals surface area contributed by atoms with Crippen molar-refractivity contribution in [3.63, 3.8) is 0 Å². The number of ether oxygens (including phenoxy) is 2. The second-order valence-corrected chi connectivity index (χ2v) is 5.63. The molecular formula is C20H20O4. The maximum Gasteiger partial charge on any atom is 0.342 e. The van der Waals surface area contributed by atoms with Gasteiger partial charge in [0.05, 0.1) is 26.0 Å². The van der Waals surface area contributed by atoms with Gasteiger partial charge in [0, 0.05) is 10.9 Å². The van der Waals surface area contributed by atoms with Gasteiger partial charge in [-0.25, -0.2) is 4.79 Å². The van der Waals surface area contributed by atoms with Crippen molar-refractivity contribution < 1.29 is 18.7 Å². The molecule has 0 spiro atoms. The first-order chi connectivity index (χ1) is 11.6. The number of fused-ring (bicyclic) bond motifs is 1. The second kappa shape index (κ2) is 6.40. The van der Waals surface area contributed by atoms with Crippen molar-refractivity contribution in [2.75, 3.05) is 14.2 Å². The number of carbonyl (C=O) groups excluding carboxylic acids is 1. The molecule has 0 bridgehead atoms. The van der Waals surface area contributed by atoms with E-state index >= 15 is 0 Å². The lowest BCUT2D eigenvalue weighted by atomic mass is 9.97. The predicted octanol–water partition coefficient (Wildman–Crippen LogP) is 4.77. The van der Waals surface area contributed by atoms with Crippen molar-refractivity contribution in [3.05, 3.63) is 53.3 Å². The number of hydrogen-bond acceptors (Lipinski definition) is 4. The van der Waals surface area contributed by atoms with Crippen LogP contribution in [-0.4, -0.2) is 20.2 Å². The highest BCUT2D eigenvalue weighted by atomic mass is 16.5. The number of rotatable bonds is 4. The summed E-state index contributed by atoms with van der Waals surface area (Å²) in [6.07, 6.45) is 2.50. The number of methoxy groups -OCH3 is 2. The number of benzene rings is 2. The van der Waals surface area contributed by atoms with E-state index in [1.807, 2.05) is 31.2 Å². The van der Waals surface area contributed by atoms with E-state index in [1.165, 1.54) is 12.7 Å². The van der Waals surface area contributed by atoms with Gasteiger partial charge in [-0.3, -0.25) is 0 Å². The fourth-order valence-electron chi connectivity index (χ4n) is 3.10. The van der Waals surface area contributed by atoms with Crippen LogP contribution >= 0.6 is 0 Å². The Labute approximate surface area is 141 Å². The zero-order valence-electron chi connectivity index (χ0n) is 14.3. The predicted molar refractivity (Wildman–Crippen MR) is 93.7 cm³/mol. The average molecular weight is 324 g/mol. The summed E-state index contributed by atoms with van der Waals surface area (Å²) in [6.45, 7) is 3.95. The minimum absolute atomic E-state index is 0.416. The van der Waals surface area contributed by atoms with Gasteiger partial charge in [0.2, 0.25) is 0 Å². The first-order valence-corrected chi connectivity index (χ1v) is 7.87. The van der Waals surface area contributed by atoms with Crippen molar-refractivity contribution in [2.45, 2.75) is 20.3 Å². The number of hydrogen-bond donors (Lipinski definition) is 0. The normalized spacial score (nSPS) is 10.8. The maximum atomic E-state index is 12.1. The van der Waals surface area contributed by atoms with Gasteiger partial charge in [0.15, 0.2) is 5.76 Å². The van der Waals surface area contributed by atoms with Crippen LogP contribution in [0, 0.1) is 6.92 Å². The van der Waals surface area contributed by atoms with E-state index in [0.29, 0.717) is 17.1 Å². The Bertz CT molecular complexity index is 905. The van der Waals surface area contributed by atoms with Gasteiger partial charge < -0.3 is 13.9 Å². The molecule has 0 radical (unpaired) electrons. The Morgan fingerprint density at radius 1 is 1.12 bits per heavy atom. The van der Waals surface area contributed by atoms with Crippen molar-refractivity contribution >= 4 is 16.7 Å². The Morgan fingerprint density at radius 2 is 1.92 bits per heavy atom. The van der Waals surface area contributed by atoms with Crippen molar-refractivity contribution in [1.82, 2.24) is 0 Å². The van der Waals surface area contributed by atoms with Crippen molar-refractivity contribution in [3.8, 4) is 17.1 Å². The summed E-state index contributed by atoms with van der Waals surface area (Å²) >= 11 is 0. The highest BCUT2D eigenvalue weighted by Gasteiger charge is 2.24. The quantitative estimate of drug-likeness (QED) is 0.649. The summed E-state index contributed by atoms with van der Waals surface area (Å²) in [4.78, 5) is 12.1. The minimum Gasteiger partial charge on any atom is -0.495 e. The van der Waals surface area contributed by atoms with Gasteiger partial charge in [0.1, 0.15) is 11.3 Å². The summed E-state index contributed by atoms with van der Waals surface area (Å²) in [5, 5.41) is 2.14. The number of furan rings is 1. The Morgan fingerprint density at radius 3 is 2.58 bits per heavy atom. The van der Waals surface area contributed by atoms with E-state index in [4.69, 9.17) is 13.9 Å². The molecule has 0 fully saturated rings. The Kier molecular flexibility index (Phi) is 4.30. The molecule has 4 nitrogen and oxygen atoms in total. The molecule has 0 saturated heterocycles. The van der Waals surface area contributed by atoms with Crippen LogP contribution in [0.25, 0.3) is 22.1 Å². The van der Waals surface area contributed by atoms with Crippen LogP contribution < -0.4 is 4.74 Å². The smallest absolute Gasteiger partial charge is 0.342 e. The highest BCUT2D eigenvalue weighted by Crippen LogP contribution is 2.40. The molecule has 2 aromatic carbocycles. The summed E-state index contributed by atoms with van der Waals surface area (Å²) in [7, 11) is 2.99. The molecule has 0 atom stereocenters. The van der Waals surface area contributed by atoms with Gasteiger partial charge in [-0.15, -0.1) is 0 Å². The summed E-state index contributed by atoms with van der Waals surface area (Å²) < 4.78 is 16.2. The summed E-state index contributed by atoms with van der Waals surface area (Å²) in [5.41, 5.74) is 3.16. The van der Waals surface area contributed by atoms with E-state index in [0.717, 1.165) is 28.3 Å². The van der Waals surface area contributed by atoms with Crippen molar-refractivity contribution in [1.29, 1.82) is 0 Å². The molecule has 124 valence electrons. The number of aryl methyl sites for hydroxylation is 2. The molecular weight excluding hydrogens is 304 g/mol. The van der Waals surface area contributed by atoms with E-state index in [9.17, 15) is 4.79 Å². The fraction of sp³-hybridized carbons (Fsp3) is 0.250. The molecule has 3 aromatic rings. The molecule has 0 unspecified atom stereocenters. The largest absolute Gasteiger partial charge is 0.495 e. The molecule has 1 heterocycles. The van der Waals surface area contributed by atoms with E-state index in [2.05, 4.69) is 13.0 Å². The monoisotopic (exact) mass is 324 g/mol. The van der Waals surface area contributed by atoms with Crippen molar-refractivity contribution in [2.24, 2.45) is 0 Å². The third-order valence-corrected chi connectivity index (χ3v) is 4.30. The lowest BCUT2D eigenvalue weighted by Gasteiger charge is -2.13. The number of carbonyl (C=O) groups is 1. The molecule has 0 aliphatic carbocycles. The second-order valence-electron chi connectivity index (χ2n) is 5.63. The van der Waals surface area contributed by atoms with Gasteiger partial charge in [-0.1, -0.05) is 31.2 Å². The minimum atomic E-state index is -0.416. The van der Waals surface area contributed by atoms with Crippen LogP contribution in [0.5, 0.6) is 5.75 Å². The lowest BCUT2D eigenvalue weighted by Crippen LogP contribution is -2.03. The van der Waals surface area contributed by atoms with E-state index in [1.54, 1.807) is 13.4 Å². The fourth-order valence-corrected chi connectivity index (χ4v) is 3.10. The molecule has 0 saturated carbocycles. The van der Waals surface area contributed by atoms with Crippen LogP contribution in [0.15, 0.2) is 41.0 Å². The van der Waals surface area contributed by atoms with Crippen LogP contribution in [-0.2, 0) is 11.2 Å². The third kappa shape index (κ3) is 2.44. The number of esters is 1. The maximum absolute atomic E-state index is 12.1. The Balaban J connectivity index is 2.31. The SMILES string of the molecule is CCc1cccc2c(OC)c(-c3occ(C)c3C(=O)OC)ccc12. The topological polar surface area (TPSA) is 48.7 Å². The molecule has 24 heavy (non-hydrogen) atoms. The van der Waals surface area contributed by atoms with Gasteiger partial charge >= 0.3 is 5.97 Å². The van der Waals surface area contributed by atoms with E-state index in [-0.39, 0.29) is 0 Å². The van der Waals surface area contributed by atoms with Crippen LogP contribution in [0.4, 0.5) is 0 Å². The highest BCUT2D eigenvalue weighted by molar-refractivity contribution is 6.02. The zero-order chi connectivity index (χ0) is 17.3. The van der Waals surface area contributed by atoms with Crippen LogP contribution in [0.1, 0.15) is 28.4 Å². The van der Waals surface area contributed by atoms with Gasteiger partial charge in [0.25, 0.3) is 0 Å². The van der Waals surface area contributed by atoms with Gasteiger partial charge in [-0.2, -0.15) is 0 Å². The third-order valence-electron chi connectivity index (χ3n) is 4.30. The average Bonchev–Trinajstić information content (AvgIpc) is 3.00. The van der Waals surface area contributed by atoms with Crippen LogP contribution in [0.3, 0.4) is 0 Å². The van der Waals surface area contributed by atoms with E-state index < -0.39 is 5.97 Å². The Hall–Kier alpha value is -2.75. The zero-order valence-corrected chi connectivity index (χ0v) is 14.3. The first-order valence-electron chi connectivity index (χ1n) is 7.87.